The first-order valence-electron chi connectivity index (χ1n) is 6.16. The Kier molecular flexibility index (Phi) is 6.55. The van der Waals surface area contributed by atoms with E-state index in [-0.39, 0.29) is 17.7 Å². The van der Waals surface area contributed by atoms with Gasteiger partial charge in [0, 0.05) is 5.69 Å². The first-order chi connectivity index (χ1) is 9.31. The predicted molar refractivity (Wildman–Crippen MR) is 79.7 cm³/mol. The minimum absolute atomic E-state index is 0.248. The number of rotatable bonds is 7. The summed E-state index contributed by atoms with van der Waals surface area (Å²) in [7, 11) is 0. The summed E-state index contributed by atoms with van der Waals surface area (Å²) in [6.07, 6.45) is 1.55. The van der Waals surface area contributed by atoms with E-state index < -0.39 is 17.0 Å². The van der Waals surface area contributed by atoms with E-state index in [2.05, 4.69) is 0 Å². The zero-order chi connectivity index (χ0) is 15.3. The molecule has 20 heavy (non-hydrogen) atoms. The largest absolute Gasteiger partial charge is 0.398 e. The van der Waals surface area contributed by atoms with Crippen molar-refractivity contribution in [3.63, 3.8) is 0 Å². The summed E-state index contributed by atoms with van der Waals surface area (Å²) in [5.74, 6) is -0.620. The van der Waals surface area contributed by atoms with Crippen molar-refractivity contribution < 1.29 is 15.0 Å². The van der Waals surface area contributed by atoms with Crippen LogP contribution in [0.1, 0.15) is 34.3 Å². The molecule has 0 saturated carbocycles. The van der Waals surface area contributed by atoms with Crippen molar-refractivity contribution in [1.29, 1.82) is 0 Å². The topological polar surface area (TPSA) is 110 Å². The number of hydrogen-bond donors (Lipinski definition) is 4. The number of nitrogens with two attached hydrogens (primary N) is 2. The number of halogens is 2. The van der Waals surface area contributed by atoms with Gasteiger partial charge in [-0.2, -0.15) is 0 Å². The lowest BCUT2D eigenvalue weighted by Gasteiger charge is -2.13. The summed E-state index contributed by atoms with van der Waals surface area (Å²) in [6, 6.07) is 3.41. The molecular weight excluding hydrogens is 303 g/mol. The molecule has 1 rings (SSSR count). The fourth-order valence-electron chi connectivity index (χ4n) is 2.00. The third-order valence-corrected chi connectivity index (χ3v) is 3.32. The highest BCUT2D eigenvalue weighted by molar-refractivity contribution is 6.19. The van der Waals surface area contributed by atoms with Crippen LogP contribution in [-0.4, -0.2) is 27.2 Å². The standard InChI is InChI=1S/C13H18Cl2N2O3/c14-10(18)3-1-7-5-8(2-4-11(15)19)12(13(17)20)9(16)6-7/h5-6,10-11,18-19H,1-4,16H2,(H2,17,20). The first-order valence-corrected chi connectivity index (χ1v) is 7.04. The van der Waals surface area contributed by atoms with Crippen molar-refractivity contribution in [3.8, 4) is 0 Å². The molecule has 7 heteroatoms. The van der Waals surface area contributed by atoms with Gasteiger partial charge in [-0.15, -0.1) is 0 Å². The van der Waals surface area contributed by atoms with Gasteiger partial charge in [-0.05, 0) is 42.9 Å². The van der Waals surface area contributed by atoms with Gasteiger partial charge in [0.05, 0.1) is 5.56 Å². The molecule has 0 fully saturated rings. The van der Waals surface area contributed by atoms with Crippen LogP contribution in [0.3, 0.4) is 0 Å². The summed E-state index contributed by atoms with van der Waals surface area (Å²) in [5.41, 5.74) is 11.2. The molecule has 0 aliphatic carbocycles. The average molecular weight is 321 g/mol. The number of hydrogen-bond acceptors (Lipinski definition) is 4. The number of aliphatic hydroxyl groups is 2. The van der Waals surface area contributed by atoms with Crippen LogP contribution in [-0.2, 0) is 12.8 Å². The molecular formula is C13H18Cl2N2O3. The summed E-state index contributed by atoms with van der Waals surface area (Å²) in [6.45, 7) is 0. The van der Waals surface area contributed by atoms with Crippen molar-refractivity contribution in [2.45, 2.75) is 36.8 Å². The Balaban J connectivity index is 3.04. The lowest BCUT2D eigenvalue weighted by Crippen LogP contribution is -2.17. The van der Waals surface area contributed by atoms with E-state index in [0.717, 1.165) is 5.56 Å². The van der Waals surface area contributed by atoms with Gasteiger partial charge in [0.1, 0.15) is 11.1 Å². The number of alkyl halides is 2. The van der Waals surface area contributed by atoms with Crippen molar-refractivity contribution in [3.05, 3.63) is 28.8 Å². The molecule has 0 bridgehead atoms. The van der Waals surface area contributed by atoms with Crippen LogP contribution in [0.15, 0.2) is 12.1 Å². The van der Waals surface area contributed by atoms with Gasteiger partial charge in [-0.1, -0.05) is 29.3 Å². The third-order valence-electron chi connectivity index (χ3n) is 2.88. The molecule has 5 nitrogen and oxygen atoms in total. The molecule has 1 aromatic rings. The third kappa shape index (κ3) is 5.17. The quantitative estimate of drug-likeness (QED) is 0.449. The van der Waals surface area contributed by atoms with Crippen LogP contribution in [0.2, 0.25) is 0 Å². The monoisotopic (exact) mass is 320 g/mol. The Labute approximate surface area is 127 Å². The van der Waals surface area contributed by atoms with Crippen LogP contribution in [0.25, 0.3) is 0 Å². The van der Waals surface area contributed by atoms with E-state index in [4.69, 9.17) is 44.9 Å². The molecule has 0 aromatic heterocycles. The van der Waals surface area contributed by atoms with Crippen LogP contribution in [0, 0.1) is 0 Å². The molecule has 0 radical (unpaired) electrons. The van der Waals surface area contributed by atoms with Gasteiger partial charge in [0.2, 0.25) is 0 Å². The normalized spacial score (nSPS) is 14.0. The highest BCUT2D eigenvalue weighted by Gasteiger charge is 2.15. The highest BCUT2D eigenvalue weighted by Crippen LogP contribution is 2.23. The SMILES string of the molecule is NC(=O)c1c(N)cc(CCC(O)Cl)cc1CCC(O)Cl. The number of carbonyl (C=O) groups is 1. The summed E-state index contributed by atoms with van der Waals surface area (Å²) < 4.78 is 0. The number of carbonyl (C=O) groups excluding carboxylic acids is 1. The van der Waals surface area contributed by atoms with Crippen LogP contribution >= 0.6 is 23.2 Å². The Morgan fingerprint density at radius 2 is 1.70 bits per heavy atom. The molecule has 2 atom stereocenters. The van der Waals surface area contributed by atoms with Gasteiger partial charge in [-0.25, -0.2) is 0 Å². The number of anilines is 1. The Morgan fingerprint density at radius 3 is 2.20 bits per heavy atom. The van der Waals surface area contributed by atoms with E-state index in [1.807, 2.05) is 0 Å². The number of nitrogen functional groups attached to an aromatic ring is 1. The maximum atomic E-state index is 11.5. The van der Waals surface area contributed by atoms with Crippen molar-refractivity contribution in [2.75, 3.05) is 5.73 Å². The van der Waals surface area contributed by atoms with Crippen LogP contribution < -0.4 is 11.5 Å². The van der Waals surface area contributed by atoms with Crippen molar-refractivity contribution in [1.82, 2.24) is 0 Å². The molecule has 2 unspecified atom stereocenters. The second kappa shape index (κ2) is 7.69. The zero-order valence-corrected chi connectivity index (χ0v) is 12.4. The molecule has 0 heterocycles. The maximum absolute atomic E-state index is 11.5. The Morgan fingerprint density at radius 1 is 1.15 bits per heavy atom. The number of primary amides is 1. The fraction of sp³-hybridized carbons (Fsp3) is 0.462. The number of benzene rings is 1. The van der Waals surface area contributed by atoms with Gasteiger partial charge in [0.25, 0.3) is 5.91 Å². The highest BCUT2D eigenvalue weighted by atomic mass is 35.5. The molecule has 1 amide bonds. The van der Waals surface area contributed by atoms with Gasteiger partial charge in [0.15, 0.2) is 0 Å². The summed E-state index contributed by atoms with van der Waals surface area (Å²) >= 11 is 11.0. The maximum Gasteiger partial charge on any atom is 0.251 e. The molecule has 112 valence electrons. The average Bonchev–Trinajstić information content (AvgIpc) is 2.32. The lowest BCUT2D eigenvalue weighted by atomic mass is 9.96. The summed E-state index contributed by atoms with van der Waals surface area (Å²) in [5, 5.41) is 18.2. The number of aliphatic hydroxyl groups excluding tert-OH is 2. The fourth-order valence-corrected chi connectivity index (χ4v) is 2.22. The molecule has 6 N–H and O–H groups in total. The van der Waals surface area contributed by atoms with E-state index in [0.29, 0.717) is 24.8 Å². The molecule has 0 saturated heterocycles. The smallest absolute Gasteiger partial charge is 0.251 e. The van der Waals surface area contributed by atoms with E-state index in [9.17, 15) is 4.79 Å². The van der Waals surface area contributed by atoms with Crippen molar-refractivity contribution in [2.24, 2.45) is 5.73 Å². The minimum Gasteiger partial charge on any atom is -0.398 e. The lowest BCUT2D eigenvalue weighted by molar-refractivity contribution is 0.1000. The van der Waals surface area contributed by atoms with E-state index in [1.54, 1.807) is 12.1 Å². The molecule has 0 spiro atoms. The first kappa shape index (κ1) is 17.0. The number of amides is 1. The van der Waals surface area contributed by atoms with Gasteiger partial charge >= 0.3 is 0 Å². The van der Waals surface area contributed by atoms with Gasteiger partial charge in [-0.3, -0.25) is 4.79 Å². The zero-order valence-electron chi connectivity index (χ0n) is 10.9. The molecule has 0 aliphatic heterocycles. The predicted octanol–water partition coefficient (Wildman–Crippen LogP) is 1.35. The van der Waals surface area contributed by atoms with Crippen molar-refractivity contribution >= 4 is 34.8 Å². The Bertz CT molecular complexity index is 479. The second-order valence-electron chi connectivity index (χ2n) is 4.53. The molecule has 0 aliphatic rings. The van der Waals surface area contributed by atoms with Gasteiger partial charge < -0.3 is 21.7 Å². The van der Waals surface area contributed by atoms with Crippen LogP contribution in [0.4, 0.5) is 5.69 Å². The molecule has 1 aromatic carbocycles. The minimum atomic E-state index is -0.995. The van der Waals surface area contributed by atoms with E-state index >= 15 is 0 Å². The summed E-state index contributed by atoms with van der Waals surface area (Å²) in [4.78, 5) is 11.5. The Hall–Kier alpha value is -1.01. The van der Waals surface area contributed by atoms with E-state index in [1.165, 1.54) is 0 Å². The number of aryl methyl sites for hydroxylation is 2. The van der Waals surface area contributed by atoms with Crippen LogP contribution in [0.5, 0.6) is 0 Å². The second-order valence-corrected chi connectivity index (χ2v) is 5.54.